The first-order valence-corrected chi connectivity index (χ1v) is 11.7. The smallest absolute Gasteiger partial charge is 0.226 e. The number of carbonyl (C=O) groups excluding carboxylic acids is 1. The number of Topliss-reactive ketones (excluding diaryl/α,β-unsaturated/α-hetero) is 1. The molecule has 5 nitrogen and oxygen atoms in total. The van der Waals surface area contributed by atoms with E-state index in [1.54, 1.807) is 12.1 Å². The summed E-state index contributed by atoms with van der Waals surface area (Å²) in [6.07, 6.45) is 4.48. The van der Waals surface area contributed by atoms with Crippen LogP contribution in [-0.2, 0) is 29.1 Å². The SMILES string of the molecule is Cc1oc(-c2ccc(CN3CCCC3)cc2)nc1COCC(=O)CCCc1ccc(F)cc1. The van der Waals surface area contributed by atoms with Crippen LogP contribution in [0.3, 0.4) is 0 Å². The number of likely N-dealkylation sites (tertiary alicyclic amines) is 1. The molecule has 174 valence electrons. The van der Waals surface area contributed by atoms with Gasteiger partial charge in [-0.25, -0.2) is 9.37 Å². The van der Waals surface area contributed by atoms with Crippen molar-refractivity contribution in [3.05, 3.63) is 76.9 Å². The number of aryl methyl sites for hydroxylation is 2. The van der Waals surface area contributed by atoms with Gasteiger partial charge in [0.1, 0.15) is 23.9 Å². The summed E-state index contributed by atoms with van der Waals surface area (Å²) in [7, 11) is 0. The van der Waals surface area contributed by atoms with Crippen LogP contribution in [0.2, 0.25) is 0 Å². The zero-order valence-electron chi connectivity index (χ0n) is 19.2. The number of halogens is 1. The van der Waals surface area contributed by atoms with Crippen LogP contribution in [0.5, 0.6) is 0 Å². The molecule has 1 fully saturated rings. The van der Waals surface area contributed by atoms with Crippen molar-refractivity contribution in [3.8, 4) is 11.5 Å². The van der Waals surface area contributed by atoms with Gasteiger partial charge in [-0.3, -0.25) is 9.69 Å². The molecular weight excluding hydrogens is 419 g/mol. The van der Waals surface area contributed by atoms with Crippen LogP contribution in [0.15, 0.2) is 52.9 Å². The molecule has 1 aliphatic rings. The lowest BCUT2D eigenvalue weighted by atomic mass is 10.1. The Kier molecular flexibility index (Phi) is 8.02. The molecule has 1 saturated heterocycles. The van der Waals surface area contributed by atoms with Crippen LogP contribution in [0.25, 0.3) is 11.5 Å². The van der Waals surface area contributed by atoms with Gasteiger partial charge in [-0.2, -0.15) is 0 Å². The summed E-state index contributed by atoms with van der Waals surface area (Å²) in [5.74, 6) is 1.08. The normalized spacial score (nSPS) is 14.1. The number of hydrogen-bond donors (Lipinski definition) is 0. The minimum atomic E-state index is -0.246. The van der Waals surface area contributed by atoms with Gasteiger partial charge < -0.3 is 9.15 Å². The first kappa shape index (κ1) is 23.3. The molecule has 2 aromatic carbocycles. The Morgan fingerprint density at radius 1 is 1.06 bits per heavy atom. The summed E-state index contributed by atoms with van der Waals surface area (Å²) < 4.78 is 24.4. The van der Waals surface area contributed by atoms with Crippen LogP contribution < -0.4 is 0 Å². The highest BCUT2D eigenvalue weighted by Gasteiger charge is 2.14. The Balaban J connectivity index is 1.21. The van der Waals surface area contributed by atoms with Crippen molar-refractivity contribution < 1.29 is 18.3 Å². The van der Waals surface area contributed by atoms with Gasteiger partial charge >= 0.3 is 0 Å². The molecule has 0 N–H and O–H groups in total. The van der Waals surface area contributed by atoms with E-state index < -0.39 is 0 Å². The van der Waals surface area contributed by atoms with Gasteiger partial charge in [-0.05, 0) is 81.1 Å². The molecule has 0 saturated carbocycles. The number of carbonyl (C=O) groups is 1. The van der Waals surface area contributed by atoms with Crippen molar-refractivity contribution in [3.63, 3.8) is 0 Å². The highest BCUT2D eigenvalue weighted by molar-refractivity contribution is 5.79. The van der Waals surface area contributed by atoms with Crippen molar-refractivity contribution in [2.45, 2.75) is 52.2 Å². The minimum Gasteiger partial charge on any atom is -0.441 e. The molecule has 0 radical (unpaired) electrons. The van der Waals surface area contributed by atoms with Gasteiger partial charge in [0.05, 0.1) is 6.61 Å². The molecule has 0 amide bonds. The fourth-order valence-electron chi connectivity index (χ4n) is 4.11. The van der Waals surface area contributed by atoms with Crippen LogP contribution in [-0.4, -0.2) is 35.4 Å². The number of oxazole rings is 1. The summed E-state index contributed by atoms with van der Waals surface area (Å²) >= 11 is 0. The molecule has 0 aliphatic carbocycles. The monoisotopic (exact) mass is 450 g/mol. The topological polar surface area (TPSA) is 55.6 Å². The maximum absolute atomic E-state index is 12.9. The standard InChI is InChI=1S/C27H31FN2O3/c1-20-26(19-32-18-25(31)6-4-5-21-9-13-24(28)14-10-21)29-27(33-20)23-11-7-22(8-12-23)17-30-15-2-3-16-30/h7-14H,2-6,15-19H2,1H3. The largest absolute Gasteiger partial charge is 0.441 e. The van der Waals surface area contributed by atoms with E-state index in [4.69, 9.17) is 9.15 Å². The van der Waals surface area contributed by atoms with Crippen molar-refractivity contribution in [2.75, 3.05) is 19.7 Å². The molecular formula is C27H31FN2O3. The summed E-state index contributed by atoms with van der Waals surface area (Å²) in [5, 5.41) is 0. The molecule has 0 bridgehead atoms. The van der Waals surface area contributed by atoms with Crippen molar-refractivity contribution >= 4 is 5.78 Å². The van der Waals surface area contributed by atoms with Crippen molar-refractivity contribution in [1.29, 1.82) is 0 Å². The molecule has 0 atom stereocenters. The average molecular weight is 451 g/mol. The predicted molar refractivity (Wildman–Crippen MR) is 125 cm³/mol. The molecule has 4 rings (SSSR count). The molecule has 3 aromatic rings. The number of hydrogen-bond acceptors (Lipinski definition) is 5. The second kappa shape index (κ2) is 11.3. The third kappa shape index (κ3) is 6.83. The maximum atomic E-state index is 12.9. The average Bonchev–Trinajstić information content (AvgIpc) is 3.45. The molecule has 0 unspecified atom stereocenters. The molecule has 2 heterocycles. The van der Waals surface area contributed by atoms with E-state index in [1.165, 1.54) is 43.6 Å². The number of ketones is 1. The first-order chi connectivity index (χ1) is 16.1. The summed E-state index contributed by atoms with van der Waals surface area (Å²) in [6.45, 7) is 5.51. The Labute approximate surface area is 194 Å². The molecule has 0 spiro atoms. The lowest BCUT2D eigenvalue weighted by Gasteiger charge is -2.14. The van der Waals surface area contributed by atoms with Crippen LogP contribution in [0, 0.1) is 12.7 Å². The summed E-state index contributed by atoms with van der Waals surface area (Å²) in [5.41, 5.74) is 3.97. The van der Waals surface area contributed by atoms with Crippen LogP contribution in [0.1, 0.15) is 48.3 Å². The second-order valence-electron chi connectivity index (χ2n) is 8.71. The van der Waals surface area contributed by atoms with E-state index in [2.05, 4.69) is 22.0 Å². The quantitative estimate of drug-likeness (QED) is 0.386. The Morgan fingerprint density at radius 3 is 2.48 bits per heavy atom. The lowest BCUT2D eigenvalue weighted by Crippen LogP contribution is -2.18. The van der Waals surface area contributed by atoms with Crippen molar-refractivity contribution in [1.82, 2.24) is 9.88 Å². The van der Waals surface area contributed by atoms with E-state index in [9.17, 15) is 9.18 Å². The first-order valence-electron chi connectivity index (χ1n) is 11.7. The van der Waals surface area contributed by atoms with Gasteiger partial charge in [0.25, 0.3) is 0 Å². The zero-order valence-corrected chi connectivity index (χ0v) is 19.2. The number of aromatic nitrogens is 1. The fraction of sp³-hybridized carbons (Fsp3) is 0.407. The predicted octanol–water partition coefficient (Wildman–Crippen LogP) is 5.49. The highest BCUT2D eigenvalue weighted by Crippen LogP contribution is 2.23. The molecule has 1 aromatic heterocycles. The van der Waals surface area contributed by atoms with E-state index in [0.29, 0.717) is 30.2 Å². The zero-order chi connectivity index (χ0) is 23.0. The number of benzene rings is 2. The third-order valence-electron chi connectivity index (χ3n) is 6.03. The number of ether oxygens (including phenoxy) is 1. The Hall–Kier alpha value is -2.83. The van der Waals surface area contributed by atoms with Gasteiger partial charge in [0.2, 0.25) is 5.89 Å². The van der Waals surface area contributed by atoms with E-state index in [0.717, 1.165) is 24.1 Å². The maximum Gasteiger partial charge on any atom is 0.226 e. The van der Waals surface area contributed by atoms with Gasteiger partial charge in [0, 0.05) is 18.5 Å². The summed E-state index contributed by atoms with van der Waals surface area (Å²) in [4.78, 5) is 19.2. The van der Waals surface area contributed by atoms with Crippen LogP contribution >= 0.6 is 0 Å². The van der Waals surface area contributed by atoms with Crippen molar-refractivity contribution in [2.24, 2.45) is 0 Å². The van der Waals surface area contributed by atoms with E-state index in [1.807, 2.05) is 19.1 Å². The highest BCUT2D eigenvalue weighted by atomic mass is 19.1. The second-order valence-corrected chi connectivity index (χ2v) is 8.71. The molecule has 6 heteroatoms. The van der Waals surface area contributed by atoms with E-state index in [-0.39, 0.29) is 24.8 Å². The molecule has 33 heavy (non-hydrogen) atoms. The van der Waals surface area contributed by atoms with Gasteiger partial charge in [-0.15, -0.1) is 0 Å². The van der Waals surface area contributed by atoms with Gasteiger partial charge in [0.15, 0.2) is 5.78 Å². The van der Waals surface area contributed by atoms with E-state index >= 15 is 0 Å². The lowest BCUT2D eigenvalue weighted by molar-refractivity contribution is -0.124. The minimum absolute atomic E-state index is 0.0482. The number of nitrogens with zero attached hydrogens (tertiary/aromatic N) is 2. The Bertz CT molecular complexity index is 1040. The summed E-state index contributed by atoms with van der Waals surface area (Å²) in [6, 6.07) is 14.8. The fourth-order valence-corrected chi connectivity index (χ4v) is 4.11. The third-order valence-corrected chi connectivity index (χ3v) is 6.03. The molecule has 1 aliphatic heterocycles. The Morgan fingerprint density at radius 2 is 1.76 bits per heavy atom. The van der Waals surface area contributed by atoms with Gasteiger partial charge in [-0.1, -0.05) is 24.3 Å². The van der Waals surface area contributed by atoms with Crippen LogP contribution in [0.4, 0.5) is 4.39 Å². The number of rotatable bonds is 11.